The summed E-state index contributed by atoms with van der Waals surface area (Å²) < 4.78 is 0. The Morgan fingerprint density at radius 3 is 2.14 bits per heavy atom. The second-order valence-corrected chi connectivity index (χ2v) is 7.77. The van der Waals surface area contributed by atoms with E-state index in [1.807, 2.05) is 67.6 Å². The van der Waals surface area contributed by atoms with Crippen LogP contribution in [0.2, 0.25) is 0 Å². The highest BCUT2D eigenvalue weighted by Crippen LogP contribution is 2.27. The highest BCUT2D eigenvalue weighted by molar-refractivity contribution is 8.00. The molecule has 1 fully saturated rings. The third-order valence-corrected chi connectivity index (χ3v) is 5.72. The van der Waals surface area contributed by atoms with Gasteiger partial charge in [-0.15, -0.1) is 11.8 Å². The van der Waals surface area contributed by atoms with E-state index in [2.05, 4.69) is 10.6 Å². The molecule has 1 saturated heterocycles. The van der Waals surface area contributed by atoms with Gasteiger partial charge in [-0.05, 0) is 37.6 Å². The van der Waals surface area contributed by atoms with Crippen LogP contribution in [0.1, 0.15) is 13.3 Å². The first-order chi connectivity index (χ1) is 13.6. The van der Waals surface area contributed by atoms with E-state index in [0.717, 1.165) is 11.4 Å². The standard InChI is InChI=1S/C21H25N3O3S/c1-15-18(12-13-25)20(27)23-21(22-15)28-14-19(26)24(16-8-4-2-5-9-16)17-10-6-3-7-11-17/h2-11,15,18,21-22,25H,12-14H2,1H3,(H,23,27). The number of hydrogen-bond acceptors (Lipinski definition) is 5. The number of hydrogen-bond donors (Lipinski definition) is 3. The summed E-state index contributed by atoms with van der Waals surface area (Å²) in [4.78, 5) is 27.0. The summed E-state index contributed by atoms with van der Waals surface area (Å²) in [6, 6.07) is 19.0. The topological polar surface area (TPSA) is 81.7 Å². The number of aliphatic hydroxyl groups is 1. The molecule has 1 aliphatic rings. The van der Waals surface area contributed by atoms with Gasteiger partial charge in [-0.25, -0.2) is 0 Å². The Balaban J connectivity index is 1.67. The summed E-state index contributed by atoms with van der Waals surface area (Å²) in [7, 11) is 0. The molecule has 0 spiro atoms. The number of nitrogens with zero attached hydrogens (tertiary/aromatic N) is 1. The van der Waals surface area contributed by atoms with Crippen LogP contribution in [-0.4, -0.2) is 40.8 Å². The Kier molecular flexibility index (Phi) is 7.08. The summed E-state index contributed by atoms with van der Waals surface area (Å²) in [5.74, 6) is -0.210. The molecule has 0 aromatic heterocycles. The van der Waals surface area contributed by atoms with Gasteiger partial charge in [0.1, 0.15) is 5.50 Å². The molecule has 3 atom stereocenters. The smallest absolute Gasteiger partial charge is 0.241 e. The number of nitrogens with one attached hydrogen (secondary N) is 2. The van der Waals surface area contributed by atoms with E-state index in [1.165, 1.54) is 11.8 Å². The van der Waals surface area contributed by atoms with Gasteiger partial charge in [-0.1, -0.05) is 36.4 Å². The van der Waals surface area contributed by atoms with Crippen molar-refractivity contribution in [1.29, 1.82) is 0 Å². The van der Waals surface area contributed by atoms with Crippen LogP contribution in [0.4, 0.5) is 11.4 Å². The molecule has 3 rings (SSSR count). The fourth-order valence-corrected chi connectivity index (χ4v) is 4.23. The van der Waals surface area contributed by atoms with Gasteiger partial charge in [-0.3, -0.25) is 19.8 Å². The number of anilines is 2. The number of carbonyl (C=O) groups excluding carboxylic acids is 2. The zero-order valence-corrected chi connectivity index (χ0v) is 16.6. The molecular formula is C21H25N3O3S. The van der Waals surface area contributed by atoms with E-state index >= 15 is 0 Å². The fraction of sp³-hybridized carbons (Fsp3) is 0.333. The van der Waals surface area contributed by atoms with Crippen LogP contribution in [0.15, 0.2) is 60.7 Å². The molecule has 2 aromatic carbocycles. The van der Waals surface area contributed by atoms with Crippen molar-refractivity contribution in [3.05, 3.63) is 60.7 Å². The second-order valence-electron chi connectivity index (χ2n) is 6.67. The lowest BCUT2D eigenvalue weighted by Gasteiger charge is -2.35. The summed E-state index contributed by atoms with van der Waals surface area (Å²) >= 11 is 1.35. The van der Waals surface area contributed by atoms with Crippen LogP contribution in [-0.2, 0) is 9.59 Å². The van der Waals surface area contributed by atoms with E-state index in [1.54, 1.807) is 4.90 Å². The molecule has 6 nitrogen and oxygen atoms in total. The van der Waals surface area contributed by atoms with Crippen LogP contribution >= 0.6 is 11.8 Å². The lowest BCUT2D eigenvalue weighted by atomic mass is 9.95. The molecule has 0 saturated carbocycles. The Hall–Kier alpha value is -2.35. The molecule has 1 heterocycles. The first-order valence-corrected chi connectivity index (χ1v) is 10.4. The monoisotopic (exact) mass is 399 g/mol. The van der Waals surface area contributed by atoms with Crippen molar-refractivity contribution in [2.45, 2.75) is 24.9 Å². The van der Waals surface area contributed by atoms with E-state index < -0.39 is 0 Å². The average molecular weight is 400 g/mol. The van der Waals surface area contributed by atoms with Crippen molar-refractivity contribution < 1.29 is 14.7 Å². The van der Waals surface area contributed by atoms with Gasteiger partial charge in [0.15, 0.2) is 0 Å². The maximum absolute atomic E-state index is 13.0. The van der Waals surface area contributed by atoms with Crippen LogP contribution in [0.5, 0.6) is 0 Å². The van der Waals surface area contributed by atoms with Crippen LogP contribution in [0, 0.1) is 5.92 Å². The predicted molar refractivity (Wildman–Crippen MR) is 112 cm³/mol. The van der Waals surface area contributed by atoms with Gasteiger partial charge in [-0.2, -0.15) is 0 Å². The predicted octanol–water partition coefficient (Wildman–Crippen LogP) is 2.47. The molecule has 0 radical (unpaired) electrons. The minimum atomic E-state index is -0.338. The van der Waals surface area contributed by atoms with E-state index in [4.69, 9.17) is 5.11 Å². The number of benzene rings is 2. The lowest BCUT2D eigenvalue weighted by molar-refractivity contribution is -0.128. The molecule has 28 heavy (non-hydrogen) atoms. The zero-order chi connectivity index (χ0) is 19.9. The second kappa shape index (κ2) is 9.73. The van der Waals surface area contributed by atoms with Gasteiger partial charge < -0.3 is 10.4 Å². The Bertz CT molecular complexity index is 748. The van der Waals surface area contributed by atoms with Gasteiger partial charge >= 0.3 is 0 Å². The molecular weight excluding hydrogens is 374 g/mol. The summed E-state index contributed by atoms with van der Waals surface area (Å²) in [5, 5.41) is 15.3. The molecule has 2 aromatic rings. The molecule has 3 N–H and O–H groups in total. The van der Waals surface area contributed by atoms with Crippen molar-refractivity contribution >= 4 is 35.0 Å². The zero-order valence-electron chi connectivity index (χ0n) is 15.7. The van der Waals surface area contributed by atoms with Crippen molar-refractivity contribution in [3.63, 3.8) is 0 Å². The Morgan fingerprint density at radius 1 is 1.07 bits per heavy atom. The average Bonchev–Trinajstić information content (AvgIpc) is 2.71. The van der Waals surface area contributed by atoms with Gasteiger partial charge in [0.05, 0.1) is 11.7 Å². The largest absolute Gasteiger partial charge is 0.396 e. The maximum Gasteiger partial charge on any atom is 0.241 e. The highest BCUT2D eigenvalue weighted by atomic mass is 32.2. The van der Waals surface area contributed by atoms with Gasteiger partial charge in [0.2, 0.25) is 11.8 Å². The summed E-state index contributed by atoms with van der Waals surface area (Å²) in [5.41, 5.74) is 1.27. The molecule has 2 amide bonds. The van der Waals surface area contributed by atoms with Crippen molar-refractivity contribution in [2.75, 3.05) is 17.3 Å². The van der Waals surface area contributed by atoms with Crippen LogP contribution in [0.25, 0.3) is 0 Å². The lowest BCUT2D eigenvalue weighted by Crippen LogP contribution is -2.59. The third kappa shape index (κ3) is 4.92. The minimum Gasteiger partial charge on any atom is -0.396 e. The van der Waals surface area contributed by atoms with Crippen molar-refractivity contribution in [2.24, 2.45) is 5.92 Å². The summed E-state index contributed by atoms with van der Waals surface area (Å²) in [6.45, 7) is 1.90. The Morgan fingerprint density at radius 2 is 1.64 bits per heavy atom. The normalized spacial score (nSPS) is 21.8. The quantitative estimate of drug-likeness (QED) is 0.666. The highest BCUT2D eigenvalue weighted by Gasteiger charge is 2.33. The first-order valence-electron chi connectivity index (χ1n) is 9.32. The molecule has 0 aliphatic carbocycles. The molecule has 3 unspecified atom stereocenters. The number of para-hydroxylation sites is 2. The third-order valence-electron chi connectivity index (χ3n) is 4.72. The molecule has 148 valence electrons. The number of aliphatic hydroxyl groups excluding tert-OH is 1. The number of amides is 2. The first kappa shape index (κ1) is 20.4. The van der Waals surface area contributed by atoms with Gasteiger partial charge in [0.25, 0.3) is 0 Å². The molecule has 7 heteroatoms. The van der Waals surface area contributed by atoms with E-state index in [0.29, 0.717) is 6.42 Å². The van der Waals surface area contributed by atoms with Gasteiger partial charge in [0, 0.05) is 24.0 Å². The van der Waals surface area contributed by atoms with Crippen LogP contribution in [0.3, 0.4) is 0 Å². The SMILES string of the molecule is CC1NC(SCC(=O)N(c2ccccc2)c2ccccc2)NC(=O)C1CCO. The Labute approximate surface area is 169 Å². The minimum absolute atomic E-state index is 0.0243. The van der Waals surface area contributed by atoms with Crippen LogP contribution < -0.4 is 15.5 Å². The van der Waals surface area contributed by atoms with Crippen molar-refractivity contribution in [1.82, 2.24) is 10.6 Å². The van der Waals surface area contributed by atoms with E-state index in [-0.39, 0.29) is 41.6 Å². The number of rotatable bonds is 7. The molecule has 1 aliphatic heterocycles. The summed E-state index contributed by atoms with van der Waals surface area (Å²) in [6.07, 6.45) is 0.423. The van der Waals surface area contributed by atoms with E-state index in [9.17, 15) is 9.59 Å². The number of carbonyl (C=O) groups is 2. The number of thioether (sulfide) groups is 1. The maximum atomic E-state index is 13.0. The van der Waals surface area contributed by atoms with Crippen molar-refractivity contribution in [3.8, 4) is 0 Å². The molecule has 0 bridgehead atoms. The fourth-order valence-electron chi connectivity index (χ4n) is 3.28.